The van der Waals surface area contributed by atoms with Gasteiger partial charge in [-0.1, -0.05) is 11.6 Å². The van der Waals surface area contributed by atoms with Crippen LogP contribution < -0.4 is 0 Å². The van der Waals surface area contributed by atoms with E-state index in [0.29, 0.717) is 23.7 Å². The molecule has 1 heterocycles. The standard InChI is InChI=1S/C13H15ClN4O2/c14-12-2-1-11(13(9-12)18(19)20)10-17-7-5-16(4-3-15)6-8-17/h1-2,9H,4-8,10H2. The Morgan fingerprint density at radius 2 is 1.95 bits per heavy atom. The summed E-state index contributed by atoms with van der Waals surface area (Å²) in [5, 5.41) is 20.1. The summed E-state index contributed by atoms with van der Waals surface area (Å²) in [7, 11) is 0. The van der Waals surface area contributed by atoms with E-state index in [9.17, 15) is 10.1 Å². The maximum atomic E-state index is 11.0. The Bertz CT molecular complexity index is 536. The van der Waals surface area contributed by atoms with E-state index >= 15 is 0 Å². The Morgan fingerprint density at radius 1 is 1.30 bits per heavy atom. The molecule has 0 spiro atoms. The molecule has 0 N–H and O–H groups in total. The molecule has 0 aliphatic carbocycles. The predicted molar refractivity (Wildman–Crippen MR) is 75.4 cm³/mol. The first kappa shape index (κ1) is 14.7. The molecule has 1 aliphatic rings. The summed E-state index contributed by atoms with van der Waals surface area (Å²) in [4.78, 5) is 14.9. The zero-order valence-corrected chi connectivity index (χ0v) is 11.7. The van der Waals surface area contributed by atoms with Gasteiger partial charge in [0.25, 0.3) is 5.69 Å². The molecule has 1 aromatic carbocycles. The smallest absolute Gasteiger partial charge is 0.275 e. The van der Waals surface area contributed by atoms with Crippen LogP contribution in [-0.4, -0.2) is 47.4 Å². The van der Waals surface area contributed by atoms with Gasteiger partial charge < -0.3 is 0 Å². The number of halogens is 1. The van der Waals surface area contributed by atoms with Crippen molar-refractivity contribution in [3.05, 3.63) is 38.9 Å². The van der Waals surface area contributed by atoms with Crippen LogP contribution in [0, 0.1) is 21.4 Å². The van der Waals surface area contributed by atoms with Crippen LogP contribution in [0.25, 0.3) is 0 Å². The van der Waals surface area contributed by atoms with Gasteiger partial charge >= 0.3 is 0 Å². The van der Waals surface area contributed by atoms with Gasteiger partial charge in [0.05, 0.1) is 17.5 Å². The lowest BCUT2D eigenvalue weighted by atomic mass is 10.1. The first-order valence-electron chi connectivity index (χ1n) is 6.34. The van der Waals surface area contributed by atoms with Crippen LogP contribution in [0.15, 0.2) is 18.2 Å². The van der Waals surface area contributed by atoms with Crippen molar-refractivity contribution in [3.63, 3.8) is 0 Å². The number of benzene rings is 1. The third kappa shape index (κ3) is 3.67. The van der Waals surface area contributed by atoms with Crippen molar-refractivity contribution in [3.8, 4) is 6.07 Å². The molecule has 0 unspecified atom stereocenters. The van der Waals surface area contributed by atoms with Gasteiger partial charge in [-0.15, -0.1) is 0 Å². The van der Waals surface area contributed by atoms with Crippen LogP contribution in [0.1, 0.15) is 5.56 Å². The molecule has 0 radical (unpaired) electrons. The normalized spacial score (nSPS) is 16.8. The van der Waals surface area contributed by atoms with E-state index in [1.807, 2.05) is 0 Å². The highest BCUT2D eigenvalue weighted by atomic mass is 35.5. The quantitative estimate of drug-likeness (QED) is 0.482. The van der Waals surface area contributed by atoms with E-state index in [4.69, 9.17) is 16.9 Å². The monoisotopic (exact) mass is 294 g/mol. The Morgan fingerprint density at radius 3 is 2.55 bits per heavy atom. The average Bonchev–Trinajstić information content (AvgIpc) is 2.43. The second-order valence-electron chi connectivity index (χ2n) is 4.74. The fraction of sp³-hybridized carbons (Fsp3) is 0.462. The maximum absolute atomic E-state index is 11.0. The topological polar surface area (TPSA) is 73.4 Å². The summed E-state index contributed by atoms with van der Waals surface area (Å²) in [5.74, 6) is 0. The van der Waals surface area contributed by atoms with Gasteiger partial charge in [0.2, 0.25) is 0 Å². The predicted octanol–water partition coefficient (Wildman–Crippen LogP) is 1.89. The number of hydrogen-bond donors (Lipinski definition) is 0. The van der Waals surface area contributed by atoms with Crippen LogP contribution in [0.3, 0.4) is 0 Å². The number of nitro groups is 1. The van der Waals surface area contributed by atoms with Gasteiger partial charge in [-0.2, -0.15) is 5.26 Å². The van der Waals surface area contributed by atoms with E-state index < -0.39 is 4.92 Å². The minimum atomic E-state index is -0.396. The van der Waals surface area contributed by atoms with Crippen molar-refractivity contribution in [1.29, 1.82) is 5.26 Å². The van der Waals surface area contributed by atoms with Gasteiger partial charge in [0.15, 0.2) is 0 Å². The Balaban J connectivity index is 2.01. The molecule has 6 nitrogen and oxygen atoms in total. The van der Waals surface area contributed by atoms with E-state index in [1.165, 1.54) is 6.07 Å². The number of hydrogen-bond acceptors (Lipinski definition) is 5. The highest BCUT2D eigenvalue weighted by molar-refractivity contribution is 6.30. The molecule has 2 rings (SSSR count). The molecular formula is C13H15ClN4O2. The Kier molecular flexibility index (Phi) is 4.90. The van der Waals surface area contributed by atoms with Gasteiger partial charge in [-0.05, 0) is 12.1 Å². The molecule has 0 amide bonds. The summed E-state index contributed by atoms with van der Waals surface area (Å²) < 4.78 is 0. The van der Waals surface area contributed by atoms with Gasteiger partial charge in [0, 0.05) is 49.4 Å². The van der Waals surface area contributed by atoms with Crippen LogP contribution in [0.4, 0.5) is 5.69 Å². The van der Waals surface area contributed by atoms with Crippen molar-refractivity contribution in [1.82, 2.24) is 9.80 Å². The number of nitriles is 1. The molecule has 0 aromatic heterocycles. The van der Waals surface area contributed by atoms with Gasteiger partial charge in [-0.3, -0.25) is 19.9 Å². The zero-order valence-electron chi connectivity index (χ0n) is 11.0. The molecule has 106 valence electrons. The number of nitrogens with zero attached hydrogens (tertiary/aromatic N) is 4. The van der Waals surface area contributed by atoms with Crippen molar-refractivity contribution >= 4 is 17.3 Å². The molecule has 0 atom stereocenters. The zero-order chi connectivity index (χ0) is 14.5. The molecule has 7 heteroatoms. The Labute approximate surface area is 122 Å². The molecule has 0 saturated carbocycles. The molecule has 1 fully saturated rings. The lowest BCUT2D eigenvalue weighted by Crippen LogP contribution is -2.45. The Hall–Kier alpha value is -1.68. The summed E-state index contributed by atoms with van der Waals surface area (Å²) in [5.41, 5.74) is 0.741. The molecule has 1 aliphatic heterocycles. The van der Waals surface area contributed by atoms with Crippen LogP contribution in [-0.2, 0) is 6.54 Å². The van der Waals surface area contributed by atoms with Crippen LogP contribution in [0.2, 0.25) is 5.02 Å². The second kappa shape index (κ2) is 6.66. The first-order chi connectivity index (χ1) is 9.60. The van der Waals surface area contributed by atoms with E-state index in [0.717, 1.165) is 26.2 Å². The highest BCUT2D eigenvalue weighted by Crippen LogP contribution is 2.24. The fourth-order valence-electron chi connectivity index (χ4n) is 2.29. The van der Waals surface area contributed by atoms with Crippen molar-refractivity contribution in [2.24, 2.45) is 0 Å². The minimum absolute atomic E-state index is 0.0666. The first-order valence-corrected chi connectivity index (χ1v) is 6.72. The highest BCUT2D eigenvalue weighted by Gasteiger charge is 2.20. The van der Waals surface area contributed by atoms with E-state index in [1.54, 1.807) is 12.1 Å². The maximum Gasteiger partial charge on any atom is 0.275 e. The van der Waals surface area contributed by atoms with Crippen LogP contribution in [0.5, 0.6) is 0 Å². The second-order valence-corrected chi connectivity index (χ2v) is 5.18. The third-order valence-corrected chi connectivity index (χ3v) is 3.63. The summed E-state index contributed by atoms with van der Waals surface area (Å²) in [6, 6.07) is 6.91. The summed E-state index contributed by atoms with van der Waals surface area (Å²) >= 11 is 5.80. The largest absolute Gasteiger partial charge is 0.296 e. The van der Waals surface area contributed by atoms with Crippen molar-refractivity contribution in [2.75, 3.05) is 32.7 Å². The number of nitro benzene ring substituents is 1. The SMILES string of the molecule is N#CCN1CCN(Cc2ccc(Cl)cc2[N+](=O)[O-])CC1. The van der Waals surface area contributed by atoms with E-state index in [2.05, 4.69) is 15.9 Å². The van der Waals surface area contributed by atoms with Crippen molar-refractivity contribution < 1.29 is 4.92 Å². The molecule has 1 aromatic rings. The number of piperazine rings is 1. The average molecular weight is 295 g/mol. The third-order valence-electron chi connectivity index (χ3n) is 3.40. The lowest BCUT2D eigenvalue weighted by molar-refractivity contribution is -0.385. The fourth-order valence-corrected chi connectivity index (χ4v) is 2.45. The number of rotatable bonds is 4. The van der Waals surface area contributed by atoms with Crippen LogP contribution >= 0.6 is 11.6 Å². The summed E-state index contributed by atoms with van der Waals surface area (Å²) in [6.07, 6.45) is 0. The lowest BCUT2D eigenvalue weighted by Gasteiger charge is -2.33. The minimum Gasteiger partial charge on any atom is -0.296 e. The molecule has 1 saturated heterocycles. The van der Waals surface area contributed by atoms with Crippen molar-refractivity contribution in [2.45, 2.75) is 6.54 Å². The van der Waals surface area contributed by atoms with Gasteiger partial charge in [-0.25, -0.2) is 0 Å². The van der Waals surface area contributed by atoms with Gasteiger partial charge in [0.1, 0.15) is 0 Å². The molecular weight excluding hydrogens is 280 g/mol. The summed E-state index contributed by atoms with van der Waals surface area (Å²) in [6.45, 7) is 4.22. The molecule has 20 heavy (non-hydrogen) atoms. The molecule has 0 bridgehead atoms. The van der Waals surface area contributed by atoms with E-state index in [-0.39, 0.29) is 5.69 Å².